The molecule has 1 aliphatic carbocycles. The van der Waals surface area contributed by atoms with E-state index in [1.165, 1.54) is 23.1 Å². The van der Waals surface area contributed by atoms with Gasteiger partial charge in [-0.1, -0.05) is 11.6 Å². The maximum atomic E-state index is 13.4. The summed E-state index contributed by atoms with van der Waals surface area (Å²) in [5, 5.41) is 1.12. The van der Waals surface area contributed by atoms with Crippen molar-refractivity contribution in [1.29, 1.82) is 0 Å². The number of alkyl halides is 6. The van der Waals surface area contributed by atoms with E-state index in [1.807, 2.05) is 12.1 Å². The number of aryl methyl sites for hydroxylation is 2. The monoisotopic (exact) mass is 560 g/mol. The summed E-state index contributed by atoms with van der Waals surface area (Å²) in [7, 11) is 0. The Kier molecular flexibility index (Phi) is 6.59. The van der Waals surface area contributed by atoms with Crippen molar-refractivity contribution in [2.24, 2.45) is 0 Å². The molecule has 5 rings (SSSR count). The third-order valence-corrected chi connectivity index (χ3v) is 7.98. The summed E-state index contributed by atoms with van der Waals surface area (Å²) >= 11 is 8.78. The highest BCUT2D eigenvalue weighted by Crippen LogP contribution is 2.44. The number of thiophene rings is 1. The predicted molar refractivity (Wildman–Crippen MR) is 127 cm³/mol. The molecular weight excluding hydrogens is 546 g/mol. The molecule has 4 aromatic rings. The molecule has 0 radical (unpaired) electrons. The standard InChI is InChI=1S/C24H15ClF6N2OS2/c25-14-4-6-16(7-5-14)35-11-19-32-21(20-17-2-1-3-18(17)36-22(20)33-19)34-15-9-12(23(26,27)28)8-13(10-15)24(29,30)31/h4-10H,1-3,11H2. The molecule has 12 heteroatoms. The van der Waals surface area contributed by atoms with Crippen LogP contribution in [-0.2, 0) is 30.9 Å². The highest BCUT2D eigenvalue weighted by atomic mass is 35.5. The lowest BCUT2D eigenvalue weighted by atomic mass is 10.1. The van der Waals surface area contributed by atoms with Gasteiger partial charge in [0.15, 0.2) is 0 Å². The molecule has 1 aliphatic rings. The second-order valence-electron chi connectivity index (χ2n) is 8.07. The predicted octanol–water partition coefficient (Wildman–Crippen LogP) is 8.96. The quantitative estimate of drug-likeness (QED) is 0.180. The number of hydrogen-bond donors (Lipinski definition) is 0. The van der Waals surface area contributed by atoms with E-state index in [0.717, 1.165) is 28.2 Å². The third-order valence-electron chi connectivity index (χ3n) is 5.54. The van der Waals surface area contributed by atoms with Gasteiger partial charge in [-0.15, -0.1) is 23.1 Å². The molecule has 0 N–H and O–H groups in total. The number of nitrogens with zero attached hydrogens (tertiary/aromatic N) is 2. The van der Waals surface area contributed by atoms with Crippen molar-refractivity contribution < 1.29 is 31.1 Å². The number of fused-ring (bicyclic) bond motifs is 3. The molecule has 0 spiro atoms. The van der Waals surface area contributed by atoms with Crippen LogP contribution in [0.2, 0.25) is 5.02 Å². The number of rotatable bonds is 5. The Bertz CT molecular complexity index is 1400. The largest absolute Gasteiger partial charge is 0.438 e. The molecule has 0 fully saturated rings. The van der Waals surface area contributed by atoms with Gasteiger partial charge in [0.25, 0.3) is 0 Å². The Morgan fingerprint density at radius 2 is 1.58 bits per heavy atom. The van der Waals surface area contributed by atoms with E-state index < -0.39 is 29.2 Å². The lowest BCUT2D eigenvalue weighted by molar-refractivity contribution is -0.143. The first kappa shape index (κ1) is 25.2. The van der Waals surface area contributed by atoms with Crippen molar-refractivity contribution in [2.75, 3.05) is 0 Å². The van der Waals surface area contributed by atoms with Crippen molar-refractivity contribution in [3.8, 4) is 11.6 Å². The molecule has 2 aromatic heterocycles. The van der Waals surface area contributed by atoms with Crippen LogP contribution in [0.4, 0.5) is 26.3 Å². The van der Waals surface area contributed by atoms with Crippen LogP contribution in [0, 0.1) is 0 Å². The van der Waals surface area contributed by atoms with Crippen molar-refractivity contribution in [3.05, 3.63) is 74.9 Å². The number of thioether (sulfide) groups is 1. The van der Waals surface area contributed by atoms with E-state index in [4.69, 9.17) is 16.3 Å². The summed E-state index contributed by atoms with van der Waals surface area (Å²) in [6.45, 7) is 0. The van der Waals surface area contributed by atoms with Gasteiger partial charge >= 0.3 is 12.4 Å². The highest BCUT2D eigenvalue weighted by molar-refractivity contribution is 7.98. The van der Waals surface area contributed by atoms with Gasteiger partial charge in [0.05, 0.1) is 22.3 Å². The molecule has 0 saturated heterocycles. The number of halogens is 7. The Morgan fingerprint density at radius 3 is 2.22 bits per heavy atom. The third kappa shape index (κ3) is 5.28. The maximum Gasteiger partial charge on any atom is 0.416 e. The SMILES string of the molecule is FC(F)(F)c1cc(Oc2nc(CSc3ccc(Cl)cc3)nc3sc4c(c23)CCC4)cc(C(F)(F)F)c1. The van der Waals surface area contributed by atoms with Crippen molar-refractivity contribution >= 4 is 44.9 Å². The van der Waals surface area contributed by atoms with Crippen LogP contribution in [0.15, 0.2) is 47.4 Å². The van der Waals surface area contributed by atoms with E-state index in [2.05, 4.69) is 9.97 Å². The first-order valence-corrected chi connectivity index (χ1v) is 12.8. The lowest BCUT2D eigenvalue weighted by Gasteiger charge is -2.15. The molecule has 0 unspecified atom stereocenters. The maximum absolute atomic E-state index is 13.4. The average Bonchev–Trinajstić information content (AvgIpc) is 3.38. The average molecular weight is 561 g/mol. The summed E-state index contributed by atoms with van der Waals surface area (Å²) in [4.78, 5) is 11.6. The lowest BCUT2D eigenvalue weighted by Crippen LogP contribution is -2.11. The minimum absolute atomic E-state index is 0.0430. The number of benzene rings is 2. The number of hydrogen-bond acceptors (Lipinski definition) is 5. The molecule has 0 amide bonds. The number of ether oxygens (including phenoxy) is 1. The zero-order valence-electron chi connectivity index (χ0n) is 18.1. The smallest absolute Gasteiger partial charge is 0.416 e. The van der Waals surface area contributed by atoms with Crippen molar-refractivity contribution in [3.63, 3.8) is 0 Å². The highest BCUT2D eigenvalue weighted by Gasteiger charge is 2.37. The summed E-state index contributed by atoms with van der Waals surface area (Å²) < 4.78 is 85.8. The molecule has 0 bridgehead atoms. The van der Waals surface area contributed by atoms with Crippen molar-refractivity contribution in [1.82, 2.24) is 9.97 Å². The van der Waals surface area contributed by atoms with E-state index in [1.54, 1.807) is 12.1 Å². The van der Waals surface area contributed by atoms with E-state index in [-0.39, 0.29) is 11.9 Å². The molecule has 2 aromatic carbocycles. The molecule has 0 saturated carbocycles. The first-order chi connectivity index (χ1) is 17.0. The van der Waals surface area contributed by atoms with Gasteiger partial charge < -0.3 is 4.74 Å². The zero-order chi connectivity index (χ0) is 25.7. The molecule has 2 heterocycles. The Balaban J connectivity index is 1.56. The zero-order valence-corrected chi connectivity index (χ0v) is 20.5. The van der Waals surface area contributed by atoms with Crippen LogP contribution in [0.5, 0.6) is 11.6 Å². The second kappa shape index (κ2) is 9.42. The molecule has 0 aliphatic heterocycles. The summed E-state index contributed by atoms with van der Waals surface area (Å²) in [5.74, 6) is 0.0257. The van der Waals surface area contributed by atoms with E-state index >= 15 is 0 Å². The molecule has 3 nitrogen and oxygen atoms in total. The van der Waals surface area contributed by atoms with Gasteiger partial charge in [-0.25, -0.2) is 4.98 Å². The van der Waals surface area contributed by atoms with Crippen LogP contribution < -0.4 is 4.74 Å². The normalized spacial score (nSPS) is 13.9. The summed E-state index contributed by atoms with van der Waals surface area (Å²) in [6, 6.07) is 8.29. The van der Waals surface area contributed by atoms with E-state index in [9.17, 15) is 26.3 Å². The summed E-state index contributed by atoms with van der Waals surface area (Å²) in [6.07, 6.45) is -7.53. The Hall–Kier alpha value is -2.50. The fraction of sp³-hybridized carbons (Fsp3) is 0.250. The van der Waals surface area contributed by atoms with Gasteiger partial charge in [-0.2, -0.15) is 31.3 Å². The molecule has 0 atom stereocenters. The first-order valence-electron chi connectivity index (χ1n) is 10.6. The van der Waals surface area contributed by atoms with Gasteiger partial charge in [0.1, 0.15) is 16.4 Å². The van der Waals surface area contributed by atoms with Crippen molar-refractivity contribution in [2.45, 2.75) is 42.3 Å². The van der Waals surface area contributed by atoms with Gasteiger partial charge in [0.2, 0.25) is 5.88 Å². The Morgan fingerprint density at radius 1 is 0.917 bits per heavy atom. The summed E-state index contributed by atoms with van der Waals surface area (Å²) in [5.41, 5.74) is -1.97. The molecular formula is C24H15ClF6N2OS2. The van der Waals surface area contributed by atoms with Crippen LogP contribution in [0.1, 0.15) is 33.8 Å². The minimum Gasteiger partial charge on any atom is -0.438 e. The molecule has 36 heavy (non-hydrogen) atoms. The van der Waals surface area contributed by atoms with Gasteiger partial charge in [0, 0.05) is 14.8 Å². The van der Waals surface area contributed by atoms with Crippen LogP contribution in [0.25, 0.3) is 10.2 Å². The fourth-order valence-electron chi connectivity index (χ4n) is 3.92. The topological polar surface area (TPSA) is 35.0 Å². The fourth-order valence-corrected chi connectivity index (χ4v) is 6.07. The molecule has 188 valence electrons. The van der Waals surface area contributed by atoms with Crippen LogP contribution >= 0.6 is 34.7 Å². The number of aromatic nitrogens is 2. The van der Waals surface area contributed by atoms with E-state index in [0.29, 0.717) is 45.4 Å². The van der Waals surface area contributed by atoms with Crippen LogP contribution in [0.3, 0.4) is 0 Å². The van der Waals surface area contributed by atoms with Gasteiger partial charge in [-0.05, 0) is 67.3 Å². The van der Waals surface area contributed by atoms with Gasteiger partial charge in [-0.3, -0.25) is 0 Å². The van der Waals surface area contributed by atoms with Crippen LogP contribution in [-0.4, -0.2) is 9.97 Å². The second-order valence-corrected chi connectivity index (χ2v) is 10.6. The Labute approximate surface area is 214 Å². The minimum atomic E-state index is -4.98.